The van der Waals surface area contributed by atoms with Crippen molar-refractivity contribution in [3.8, 4) is 0 Å². The Labute approximate surface area is 139 Å². The van der Waals surface area contributed by atoms with Crippen molar-refractivity contribution >= 4 is 33.5 Å². The summed E-state index contributed by atoms with van der Waals surface area (Å²) < 4.78 is 27.8. The quantitative estimate of drug-likeness (QED) is 0.810. The third-order valence-corrected chi connectivity index (χ3v) is 4.78. The number of likely N-dealkylation sites (tertiary alicyclic amines) is 1. The molecule has 1 aromatic rings. The van der Waals surface area contributed by atoms with Gasteiger partial charge in [0.2, 0.25) is 10.0 Å². The molecule has 126 valence electrons. The van der Waals surface area contributed by atoms with Gasteiger partial charge in [-0.3, -0.25) is 4.79 Å². The molecule has 2 rings (SSSR count). The van der Waals surface area contributed by atoms with Crippen LogP contribution in [-0.4, -0.2) is 44.4 Å². The molecule has 0 saturated carbocycles. The number of rotatable bonds is 4. The van der Waals surface area contributed by atoms with E-state index in [0.717, 1.165) is 18.9 Å². The highest BCUT2D eigenvalue weighted by Crippen LogP contribution is 2.21. The minimum Gasteiger partial charge on any atom is -0.449 e. The normalized spacial score (nSPS) is 16.2. The molecule has 0 spiro atoms. The van der Waals surface area contributed by atoms with Crippen molar-refractivity contribution in [3.63, 3.8) is 0 Å². The van der Waals surface area contributed by atoms with Crippen LogP contribution in [0.15, 0.2) is 23.1 Å². The van der Waals surface area contributed by atoms with Gasteiger partial charge in [-0.15, -0.1) is 0 Å². The van der Waals surface area contributed by atoms with Gasteiger partial charge in [0, 0.05) is 13.1 Å². The second-order valence-corrected chi connectivity index (χ2v) is 7.24. The van der Waals surface area contributed by atoms with Crippen LogP contribution in [0.3, 0.4) is 0 Å². The van der Waals surface area contributed by atoms with Crippen molar-refractivity contribution in [2.24, 2.45) is 5.14 Å². The molecule has 0 aromatic heterocycles. The van der Waals surface area contributed by atoms with Gasteiger partial charge in [0.1, 0.15) is 0 Å². The highest BCUT2D eigenvalue weighted by molar-refractivity contribution is 7.89. The van der Waals surface area contributed by atoms with Crippen molar-refractivity contribution in [1.29, 1.82) is 0 Å². The first kappa shape index (κ1) is 17.7. The second kappa shape index (κ2) is 6.86. The zero-order valence-electron chi connectivity index (χ0n) is 12.5. The molecule has 2 N–H and O–H groups in total. The van der Waals surface area contributed by atoms with Crippen molar-refractivity contribution in [3.05, 3.63) is 28.8 Å². The van der Waals surface area contributed by atoms with Crippen LogP contribution >= 0.6 is 11.6 Å². The second-order valence-electron chi connectivity index (χ2n) is 5.27. The fourth-order valence-electron chi connectivity index (χ4n) is 2.31. The Morgan fingerprint density at radius 2 is 1.91 bits per heavy atom. The maximum absolute atomic E-state index is 12.2. The van der Waals surface area contributed by atoms with Gasteiger partial charge in [-0.1, -0.05) is 11.6 Å². The number of carbonyl (C=O) groups excluding carboxylic acids is 2. The molecule has 7 nitrogen and oxygen atoms in total. The Bertz CT molecular complexity index is 729. The van der Waals surface area contributed by atoms with Gasteiger partial charge in [-0.05, 0) is 38.0 Å². The largest absolute Gasteiger partial charge is 0.449 e. The molecule has 9 heteroatoms. The lowest BCUT2D eigenvalue weighted by atomic mass is 10.2. The van der Waals surface area contributed by atoms with E-state index >= 15 is 0 Å². The van der Waals surface area contributed by atoms with E-state index in [1.165, 1.54) is 19.1 Å². The highest BCUT2D eigenvalue weighted by atomic mass is 35.5. The molecular weight excluding hydrogens is 344 g/mol. The molecule has 1 atom stereocenters. The lowest BCUT2D eigenvalue weighted by molar-refractivity contribution is -0.138. The summed E-state index contributed by atoms with van der Waals surface area (Å²) in [6, 6.07) is 3.46. The van der Waals surface area contributed by atoms with Crippen LogP contribution in [0.2, 0.25) is 5.02 Å². The minimum absolute atomic E-state index is 0.0169. The number of hydrogen-bond acceptors (Lipinski definition) is 5. The number of hydrogen-bond donors (Lipinski definition) is 1. The van der Waals surface area contributed by atoms with Crippen molar-refractivity contribution < 1.29 is 22.7 Å². The summed E-state index contributed by atoms with van der Waals surface area (Å²) in [5.74, 6) is -1.16. The van der Waals surface area contributed by atoms with E-state index in [0.29, 0.717) is 13.1 Å². The van der Waals surface area contributed by atoms with Gasteiger partial charge in [0.15, 0.2) is 6.10 Å². The van der Waals surface area contributed by atoms with Gasteiger partial charge in [0.25, 0.3) is 5.91 Å². The maximum atomic E-state index is 12.2. The number of primary sulfonamides is 1. The number of benzene rings is 1. The van der Waals surface area contributed by atoms with Gasteiger partial charge >= 0.3 is 5.97 Å². The van der Waals surface area contributed by atoms with E-state index < -0.39 is 22.1 Å². The van der Waals surface area contributed by atoms with Gasteiger partial charge in [-0.2, -0.15) is 0 Å². The van der Waals surface area contributed by atoms with Crippen molar-refractivity contribution in [2.75, 3.05) is 13.1 Å². The molecule has 23 heavy (non-hydrogen) atoms. The third kappa shape index (κ3) is 4.21. The lowest BCUT2D eigenvalue weighted by Crippen LogP contribution is -2.38. The van der Waals surface area contributed by atoms with Crippen molar-refractivity contribution in [1.82, 2.24) is 4.90 Å². The highest BCUT2D eigenvalue weighted by Gasteiger charge is 2.27. The fraction of sp³-hybridized carbons (Fsp3) is 0.429. The Morgan fingerprint density at radius 1 is 1.30 bits per heavy atom. The van der Waals surface area contributed by atoms with Crippen LogP contribution in [0.1, 0.15) is 30.1 Å². The van der Waals surface area contributed by atoms with Gasteiger partial charge in [-0.25, -0.2) is 18.4 Å². The molecule has 0 unspecified atom stereocenters. The Balaban J connectivity index is 2.15. The van der Waals surface area contributed by atoms with E-state index in [1.54, 1.807) is 4.90 Å². The molecule has 1 aromatic carbocycles. The average Bonchev–Trinajstić information content (AvgIpc) is 2.99. The van der Waals surface area contributed by atoms with Crippen LogP contribution in [0.25, 0.3) is 0 Å². The first-order chi connectivity index (χ1) is 10.7. The number of carbonyl (C=O) groups is 2. The summed E-state index contributed by atoms with van der Waals surface area (Å²) >= 11 is 5.90. The topological polar surface area (TPSA) is 107 Å². The average molecular weight is 361 g/mol. The first-order valence-corrected chi connectivity index (χ1v) is 8.94. The SMILES string of the molecule is C[C@H](OC(=O)c1cc(S(N)(=O)=O)ccc1Cl)C(=O)N1CCCC1. The smallest absolute Gasteiger partial charge is 0.340 e. The molecular formula is C14H17ClN2O5S. The minimum atomic E-state index is -3.98. The summed E-state index contributed by atoms with van der Waals surface area (Å²) in [6.45, 7) is 2.75. The van der Waals surface area contributed by atoms with Crippen LogP contribution in [0, 0.1) is 0 Å². The van der Waals surface area contributed by atoms with Crippen LogP contribution in [-0.2, 0) is 19.6 Å². The number of esters is 1. The zero-order chi connectivity index (χ0) is 17.2. The third-order valence-electron chi connectivity index (χ3n) is 3.54. The van der Waals surface area contributed by atoms with E-state index in [9.17, 15) is 18.0 Å². The molecule has 1 aliphatic heterocycles. The molecule has 1 amide bonds. The summed E-state index contributed by atoms with van der Waals surface area (Å²) in [5, 5.41) is 5.04. The van der Waals surface area contributed by atoms with Gasteiger partial charge in [0.05, 0.1) is 15.5 Å². The molecule has 1 heterocycles. The Kier molecular flexibility index (Phi) is 5.28. The van der Waals surface area contributed by atoms with Gasteiger partial charge < -0.3 is 9.64 Å². The molecule has 1 fully saturated rings. The monoisotopic (exact) mass is 360 g/mol. The number of nitrogens with two attached hydrogens (primary N) is 1. The fourth-order valence-corrected chi connectivity index (χ4v) is 3.04. The summed E-state index contributed by atoms with van der Waals surface area (Å²) in [6.07, 6.45) is 0.873. The van der Waals surface area contributed by atoms with E-state index in [1.807, 2.05) is 0 Å². The Hall–Kier alpha value is -1.64. The van der Waals surface area contributed by atoms with Crippen LogP contribution in [0.5, 0.6) is 0 Å². The maximum Gasteiger partial charge on any atom is 0.340 e. The molecule has 0 radical (unpaired) electrons. The first-order valence-electron chi connectivity index (χ1n) is 7.02. The van der Waals surface area contributed by atoms with Crippen molar-refractivity contribution in [2.45, 2.75) is 30.8 Å². The van der Waals surface area contributed by atoms with E-state index in [4.69, 9.17) is 21.5 Å². The molecule has 1 saturated heterocycles. The number of sulfonamides is 1. The van der Waals surface area contributed by atoms with Crippen LogP contribution in [0.4, 0.5) is 0 Å². The molecule has 0 aliphatic carbocycles. The van der Waals surface area contributed by atoms with E-state index in [2.05, 4.69) is 0 Å². The predicted octanol–water partition coefficient (Wildman–Crippen LogP) is 1.16. The lowest BCUT2D eigenvalue weighted by Gasteiger charge is -2.20. The molecule has 0 bridgehead atoms. The standard InChI is InChI=1S/C14H17ClN2O5S/c1-9(13(18)17-6-2-3-7-17)22-14(19)11-8-10(23(16,20)21)4-5-12(11)15/h4-5,8-9H,2-3,6-7H2,1H3,(H2,16,20,21)/t9-/m0/s1. The number of amides is 1. The summed E-state index contributed by atoms with van der Waals surface area (Å²) in [5.41, 5.74) is -0.153. The number of halogens is 1. The van der Waals surface area contributed by atoms with Crippen LogP contribution < -0.4 is 5.14 Å². The molecule has 1 aliphatic rings. The number of ether oxygens (including phenoxy) is 1. The van der Waals surface area contributed by atoms with E-state index in [-0.39, 0.29) is 21.4 Å². The zero-order valence-corrected chi connectivity index (χ0v) is 14.1. The Morgan fingerprint density at radius 3 is 2.48 bits per heavy atom. The predicted molar refractivity (Wildman–Crippen MR) is 83.5 cm³/mol. The number of nitrogens with zero attached hydrogens (tertiary/aromatic N) is 1. The summed E-state index contributed by atoms with van der Waals surface area (Å²) in [4.78, 5) is 25.7. The summed E-state index contributed by atoms with van der Waals surface area (Å²) in [7, 11) is -3.98.